The van der Waals surface area contributed by atoms with Crippen LogP contribution in [0, 0.1) is 0 Å². The summed E-state index contributed by atoms with van der Waals surface area (Å²) in [5, 5.41) is 7.65. The van der Waals surface area contributed by atoms with Gasteiger partial charge in [-0.05, 0) is 35.3 Å². The third-order valence-corrected chi connectivity index (χ3v) is 1.87. The fourth-order valence-corrected chi connectivity index (χ4v) is 1.17. The van der Waals surface area contributed by atoms with E-state index in [-0.39, 0.29) is 11.1 Å². The Hall–Kier alpha value is -1.06. The zero-order valence-corrected chi connectivity index (χ0v) is 7.76. The van der Waals surface area contributed by atoms with E-state index >= 15 is 0 Å². The normalized spacial score (nSPS) is 9.69. The first-order chi connectivity index (χ1) is 6.04. The number of carbonyl (C=O) groups excluding carboxylic acids is 2. The number of carbonyl (C=O) groups is 2. The Morgan fingerprint density at radius 3 is 1.77 bits per heavy atom. The number of aromatic hydroxyl groups is 1. The molecule has 3 nitrogen and oxygen atoms in total. The molecule has 13 heavy (non-hydrogen) atoms. The number of phenolic OH excluding ortho intramolecular Hbond substituents is 1. The SMILES string of the molecule is O=C(Cl)c1cccc(C(=O)Cl)c1O. The van der Waals surface area contributed by atoms with Gasteiger partial charge in [0.1, 0.15) is 5.75 Å². The molecule has 0 aliphatic heterocycles. The molecule has 1 aromatic rings. The van der Waals surface area contributed by atoms with Crippen molar-refractivity contribution in [3.05, 3.63) is 29.3 Å². The van der Waals surface area contributed by atoms with E-state index in [1.165, 1.54) is 18.2 Å². The molecule has 0 fully saturated rings. The number of rotatable bonds is 2. The van der Waals surface area contributed by atoms with Crippen LogP contribution in [0.5, 0.6) is 5.75 Å². The molecule has 0 amide bonds. The number of hydrogen-bond acceptors (Lipinski definition) is 3. The minimum absolute atomic E-state index is 0.131. The van der Waals surface area contributed by atoms with E-state index in [1.807, 2.05) is 0 Å². The zero-order chi connectivity index (χ0) is 10.0. The molecule has 0 atom stereocenters. The van der Waals surface area contributed by atoms with Crippen molar-refractivity contribution in [3.63, 3.8) is 0 Å². The largest absolute Gasteiger partial charge is 0.506 e. The highest BCUT2D eigenvalue weighted by molar-refractivity contribution is 6.69. The summed E-state index contributed by atoms with van der Waals surface area (Å²) in [5.41, 5.74) is -0.263. The van der Waals surface area contributed by atoms with E-state index in [1.54, 1.807) is 0 Å². The Labute approximate surface area is 83.9 Å². The predicted octanol–water partition coefficient (Wildman–Crippen LogP) is 2.15. The Kier molecular flexibility index (Phi) is 2.90. The summed E-state index contributed by atoms with van der Waals surface area (Å²) in [5.74, 6) is -0.484. The fraction of sp³-hybridized carbons (Fsp3) is 0. The Bertz CT molecular complexity index is 341. The standard InChI is InChI=1S/C8H4Cl2O3/c9-7(12)4-2-1-3-5(6(4)11)8(10)13/h1-3,11H. The third kappa shape index (κ3) is 1.99. The average molecular weight is 219 g/mol. The molecule has 0 heterocycles. The Balaban J connectivity index is 3.35. The Morgan fingerprint density at radius 2 is 1.46 bits per heavy atom. The van der Waals surface area contributed by atoms with E-state index in [0.717, 1.165) is 0 Å². The van der Waals surface area contributed by atoms with Crippen LogP contribution in [0.1, 0.15) is 20.7 Å². The summed E-state index contributed by atoms with van der Waals surface area (Å²) < 4.78 is 0. The molecule has 0 spiro atoms. The van der Waals surface area contributed by atoms with Crippen molar-refractivity contribution in [3.8, 4) is 5.75 Å². The highest BCUT2D eigenvalue weighted by Gasteiger charge is 2.15. The van der Waals surface area contributed by atoms with Crippen molar-refractivity contribution in [2.75, 3.05) is 0 Å². The smallest absolute Gasteiger partial charge is 0.256 e. The van der Waals surface area contributed by atoms with E-state index in [9.17, 15) is 14.7 Å². The number of hydrogen-bond donors (Lipinski definition) is 1. The molecule has 0 radical (unpaired) electrons. The molecule has 5 heteroatoms. The number of benzene rings is 1. The van der Waals surface area contributed by atoms with E-state index in [2.05, 4.69) is 0 Å². The highest BCUT2D eigenvalue weighted by atomic mass is 35.5. The first-order valence-corrected chi connectivity index (χ1v) is 4.01. The second-order valence-electron chi connectivity index (χ2n) is 2.25. The molecule has 68 valence electrons. The molecule has 0 unspecified atom stereocenters. The van der Waals surface area contributed by atoms with Crippen LogP contribution in [0.15, 0.2) is 18.2 Å². The van der Waals surface area contributed by atoms with Gasteiger partial charge >= 0.3 is 0 Å². The lowest BCUT2D eigenvalue weighted by molar-refractivity contribution is 0.107. The summed E-state index contributed by atoms with van der Waals surface area (Å²) in [6.45, 7) is 0. The van der Waals surface area contributed by atoms with Crippen molar-refractivity contribution >= 4 is 33.7 Å². The molecule has 1 rings (SSSR count). The van der Waals surface area contributed by atoms with Crippen LogP contribution in [-0.4, -0.2) is 15.6 Å². The first-order valence-electron chi connectivity index (χ1n) is 3.25. The molecule has 1 aromatic carbocycles. The molecule has 0 aliphatic rings. The maximum absolute atomic E-state index is 10.7. The van der Waals surface area contributed by atoms with Crippen LogP contribution in [0.4, 0.5) is 0 Å². The predicted molar refractivity (Wildman–Crippen MR) is 48.5 cm³/mol. The summed E-state index contributed by atoms with van der Waals surface area (Å²) in [4.78, 5) is 21.4. The summed E-state index contributed by atoms with van der Waals surface area (Å²) >= 11 is 10.3. The van der Waals surface area contributed by atoms with Crippen molar-refractivity contribution in [1.82, 2.24) is 0 Å². The van der Waals surface area contributed by atoms with Gasteiger partial charge in [0.05, 0.1) is 11.1 Å². The monoisotopic (exact) mass is 218 g/mol. The van der Waals surface area contributed by atoms with Gasteiger partial charge in [-0.1, -0.05) is 6.07 Å². The lowest BCUT2D eigenvalue weighted by Crippen LogP contribution is -1.96. The average Bonchev–Trinajstić information content (AvgIpc) is 2.03. The molecule has 1 N–H and O–H groups in total. The molecular weight excluding hydrogens is 215 g/mol. The quantitative estimate of drug-likeness (QED) is 0.775. The van der Waals surface area contributed by atoms with Gasteiger partial charge in [0.2, 0.25) is 0 Å². The molecule has 0 aromatic heterocycles. The van der Waals surface area contributed by atoms with E-state index in [0.29, 0.717) is 0 Å². The molecule has 0 saturated carbocycles. The fourth-order valence-electron chi connectivity index (χ4n) is 0.861. The summed E-state index contributed by atoms with van der Waals surface area (Å²) in [6.07, 6.45) is 0. The highest BCUT2D eigenvalue weighted by Crippen LogP contribution is 2.24. The second kappa shape index (κ2) is 3.77. The van der Waals surface area contributed by atoms with Gasteiger partial charge in [-0.2, -0.15) is 0 Å². The van der Waals surface area contributed by atoms with Crippen LogP contribution < -0.4 is 0 Å². The summed E-state index contributed by atoms with van der Waals surface area (Å²) in [7, 11) is 0. The molecule has 0 bridgehead atoms. The first kappa shape index (κ1) is 10.0. The topological polar surface area (TPSA) is 54.4 Å². The second-order valence-corrected chi connectivity index (χ2v) is 2.94. The van der Waals surface area contributed by atoms with Crippen molar-refractivity contribution in [1.29, 1.82) is 0 Å². The van der Waals surface area contributed by atoms with E-state index < -0.39 is 16.2 Å². The number of para-hydroxylation sites is 1. The van der Waals surface area contributed by atoms with Crippen LogP contribution in [0.2, 0.25) is 0 Å². The van der Waals surface area contributed by atoms with Gasteiger partial charge in [0, 0.05) is 0 Å². The van der Waals surface area contributed by atoms with Crippen LogP contribution in [-0.2, 0) is 0 Å². The van der Waals surface area contributed by atoms with Crippen LogP contribution in [0.25, 0.3) is 0 Å². The molecular formula is C8H4Cl2O3. The number of halogens is 2. The van der Waals surface area contributed by atoms with Gasteiger partial charge in [-0.15, -0.1) is 0 Å². The van der Waals surface area contributed by atoms with Crippen molar-refractivity contribution in [2.24, 2.45) is 0 Å². The van der Waals surface area contributed by atoms with Crippen molar-refractivity contribution < 1.29 is 14.7 Å². The van der Waals surface area contributed by atoms with Gasteiger partial charge in [-0.3, -0.25) is 9.59 Å². The Morgan fingerprint density at radius 1 is 1.08 bits per heavy atom. The van der Waals surface area contributed by atoms with Gasteiger partial charge in [-0.25, -0.2) is 0 Å². The zero-order valence-electron chi connectivity index (χ0n) is 6.25. The lowest BCUT2D eigenvalue weighted by atomic mass is 10.1. The van der Waals surface area contributed by atoms with Gasteiger partial charge in [0.25, 0.3) is 10.5 Å². The molecule has 0 aliphatic carbocycles. The molecule has 0 saturated heterocycles. The van der Waals surface area contributed by atoms with E-state index in [4.69, 9.17) is 23.2 Å². The maximum Gasteiger partial charge on any atom is 0.256 e. The summed E-state index contributed by atoms with van der Waals surface area (Å²) in [6, 6.07) is 4.01. The van der Waals surface area contributed by atoms with Gasteiger partial charge < -0.3 is 5.11 Å². The minimum atomic E-state index is -0.836. The van der Waals surface area contributed by atoms with Crippen molar-refractivity contribution in [2.45, 2.75) is 0 Å². The van der Waals surface area contributed by atoms with Gasteiger partial charge in [0.15, 0.2) is 0 Å². The lowest BCUT2D eigenvalue weighted by Gasteiger charge is -2.01. The van der Waals surface area contributed by atoms with Crippen LogP contribution in [0.3, 0.4) is 0 Å². The van der Waals surface area contributed by atoms with Crippen LogP contribution >= 0.6 is 23.2 Å². The third-order valence-electron chi connectivity index (χ3n) is 1.46. The minimum Gasteiger partial charge on any atom is -0.506 e. The maximum atomic E-state index is 10.7. The number of phenols is 1.